The molecule has 0 fully saturated rings. The molecule has 7 aromatic rings. The topological polar surface area (TPSA) is 126 Å². The number of fused-ring (bicyclic) bond motifs is 6. The Morgan fingerprint density at radius 3 is 2.26 bits per heavy atom. The Morgan fingerprint density at radius 2 is 1.49 bits per heavy atom. The molecule has 43 heavy (non-hydrogen) atoms. The summed E-state index contributed by atoms with van der Waals surface area (Å²) in [7, 11) is 0. The van der Waals surface area contributed by atoms with Crippen molar-refractivity contribution in [1.82, 2.24) is 19.6 Å². The molecule has 0 saturated carbocycles. The molecule has 4 aromatic carbocycles. The second kappa shape index (κ2) is 9.45. The van der Waals surface area contributed by atoms with Crippen LogP contribution in [-0.2, 0) is 0 Å². The van der Waals surface area contributed by atoms with E-state index in [2.05, 4.69) is 10.1 Å². The highest BCUT2D eigenvalue weighted by molar-refractivity contribution is 5.87. The number of nitro benzene ring substituents is 1. The van der Waals surface area contributed by atoms with E-state index in [9.17, 15) is 14.9 Å². The van der Waals surface area contributed by atoms with E-state index in [0.717, 1.165) is 16.7 Å². The van der Waals surface area contributed by atoms with E-state index in [0.29, 0.717) is 39.3 Å². The van der Waals surface area contributed by atoms with Gasteiger partial charge in [-0.1, -0.05) is 78.9 Å². The normalized spacial score (nSPS) is 13.8. The molecule has 206 valence electrons. The van der Waals surface area contributed by atoms with Gasteiger partial charge >= 0.3 is 5.63 Å². The van der Waals surface area contributed by atoms with Crippen LogP contribution in [0.3, 0.4) is 0 Å². The molecule has 1 atom stereocenters. The Bertz CT molecular complexity index is 2260. The third-order valence-corrected chi connectivity index (χ3v) is 7.65. The van der Waals surface area contributed by atoms with Crippen LogP contribution in [0.4, 0.5) is 5.69 Å². The van der Waals surface area contributed by atoms with Crippen molar-refractivity contribution >= 4 is 22.3 Å². The van der Waals surface area contributed by atoms with Crippen molar-refractivity contribution in [3.05, 3.63) is 147 Å². The SMILES string of the molecule is O=c1oc2ccccc2c2c1C(c1ccc([N+](=O)[O-])cc1)c1c(ncn3nc(-c4ccc(-c5ccccc5)cc4)nc13)O2. The van der Waals surface area contributed by atoms with Gasteiger partial charge in [0.15, 0.2) is 17.2 Å². The lowest BCUT2D eigenvalue weighted by molar-refractivity contribution is -0.384. The average molecular weight is 566 g/mol. The van der Waals surface area contributed by atoms with Crippen LogP contribution >= 0.6 is 0 Å². The van der Waals surface area contributed by atoms with Crippen molar-refractivity contribution in [2.45, 2.75) is 5.92 Å². The van der Waals surface area contributed by atoms with E-state index < -0.39 is 16.5 Å². The van der Waals surface area contributed by atoms with Gasteiger partial charge in [0, 0.05) is 17.7 Å². The highest BCUT2D eigenvalue weighted by Crippen LogP contribution is 2.49. The predicted molar refractivity (Wildman–Crippen MR) is 158 cm³/mol. The van der Waals surface area contributed by atoms with Gasteiger partial charge < -0.3 is 9.15 Å². The molecule has 1 unspecified atom stereocenters. The van der Waals surface area contributed by atoms with E-state index in [-0.39, 0.29) is 17.1 Å². The van der Waals surface area contributed by atoms with Crippen LogP contribution in [0.5, 0.6) is 11.6 Å². The van der Waals surface area contributed by atoms with Gasteiger partial charge in [0.05, 0.1) is 27.4 Å². The minimum Gasteiger partial charge on any atom is -0.437 e. The van der Waals surface area contributed by atoms with Gasteiger partial charge in [-0.05, 0) is 28.8 Å². The van der Waals surface area contributed by atoms with Crippen molar-refractivity contribution in [3.8, 4) is 34.1 Å². The summed E-state index contributed by atoms with van der Waals surface area (Å²) in [5.74, 6) is 0.316. The number of hydrogen-bond acceptors (Lipinski definition) is 8. The summed E-state index contributed by atoms with van der Waals surface area (Å²) in [6.07, 6.45) is 1.52. The molecule has 10 nitrogen and oxygen atoms in total. The summed E-state index contributed by atoms with van der Waals surface area (Å²) in [5.41, 5.74) is 4.51. The molecule has 4 heterocycles. The highest BCUT2D eigenvalue weighted by Gasteiger charge is 2.37. The number of rotatable bonds is 4. The third-order valence-electron chi connectivity index (χ3n) is 7.65. The number of non-ortho nitro benzene ring substituents is 1. The Hall–Kier alpha value is -6.16. The van der Waals surface area contributed by atoms with E-state index in [1.165, 1.54) is 18.5 Å². The third kappa shape index (κ3) is 3.96. The molecule has 0 radical (unpaired) electrons. The van der Waals surface area contributed by atoms with Crippen molar-refractivity contribution in [2.75, 3.05) is 0 Å². The van der Waals surface area contributed by atoms with Crippen LogP contribution < -0.4 is 10.4 Å². The molecule has 0 bridgehead atoms. The Labute approximate surface area is 242 Å². The standard InChI is InChI=1S/C33H19N5O5/c39-33-27-26(21-14-16-23(17-15-21)38(40)41)28-31-35-30(22-12-10-20(11-13-22)19-6-2-1-3-7-19)36-37(31)18-34-32(28)43-29(27)24-8-4-5-9-25(24)42-33/h1-18,26H. The number of para-hydroxylation sites is 1. The number of nitrogens with zero attached hydrogens (tertiary/aromatic N) is 5. The van der Waals surface area contributed by atoms with Gasteiger partial charge in [-0.15, -0.1) is 5.10 Å². The quantitative estimate of drug-likeness (QED) is 0.130. The van der Waals surface area contributed by atoms with Crippen molar-refractivity contribution in [3.63, 3.8) is 0 Å². The van der Waals surface area contributed by atoms with Gasteiger partial charge in [0.25, 0.3) is 5.69 Å². The van der Waals surface area contributed by atoms with E-state index >= 15 is 0 Å². The molecule has 0 saturated heterocycles. The van der Waals surface area contributed by atoms with Crippen molar-refractivity contribution < 1.29 is 14.1 Å². The monoisotopic (exact) mass is 565 g/mol. The van der Waals surface area contributed by atoms with Gasteiger partial charge in [-0.3, -0.25) is 10.1 Å². The Balaban J connectivity index is 1.32. The molecule has 1 aliphatic rings. The first-order valence-corrected chi connectivity index (χ1v) is 13.4. The molecular weight excluding hydrogens is 546 g/mol. The van der Waals surface area contributed by atoms with Gasteiger partial charge in [-0.2, -0.15) is 0 Å². The summed E-state index contributed by atoms with van der Waals surface area (Å²) in [6, 6.07) is 31.2. The van der Waals surface area contributed by atoms with Crippen molar-refractivity contribution in [2.24, 2.45) is 0 Å². The number of hydrogen-bond donors (Lipinski definition) is 0. The van der Waals surface area contributed by atoms with Gasteiger partial charge in [0.1, 0.15) is 11.9 Å². The maximum atomic E-state index is 13.5. The van der Waals surface area contributed by atoms with Crippen LogP contribution in [0, 0.1) is 10.1 Å². The molecule has 3 aromatic heterocycles. The largest absolute Gasteiger partial charge is 0.437 e. The van der Waals surface area contributed by atoms with E-state index in [4.69, 9.17) is 14.1 Å². The fourth-order valence-corrected chi connectivity index (χ4v) is 5.62. The molecule has 0 N–H and O–H groups in total. The zero-order chi connectivity index (χ0) is 29.1. The zero-order valence-electron chi connectivity index (χ0n) is 22.2. The summed E-state index contributed by atoms with van der Waals surface area (Å²) < 4.78 is 13.6. The second-order valence-electron chi connectivity index (χ2n) is 10.1. The Kier molecular flexibility index (Phi) is 5.41. The summed E-state index contributed by atoms with van der Waals surface area (Å²) in [5, 5.41) is 16.7. The van der Waals surface area contributed by atoms with Crippen molar-refractivity contribution in [1.29, 1.82) is 0 Å². The number of ether oxygens (including phenoxy) is 1. The summed E-state index contributed by atoms with van der Waals surface area (Å²) >= 11 is 0. The molecular formula is C33H19N5O5. The van der Waals surface area contributed by atoms with Crippen LogP contribution in [0.1, 0.15) is 22.6 Å². The smallest absolute Gasteiger partial charge is 0.344 e. The highest BCUT2D eigenvalue weighted by atomic mass is 16.6. The first-order chi connectivity index (χ1) is 21.0. The molecule has 0 aliphatic carbocycles. The minimum atomic E-state index is -0.742. The van der Waals surface area contributed by atoms with Gasteiger partial charge in [0.2, 0.25) is 5.88 Å². The molecule has 0 spiro atoms. The van der Waals surface area contributed by atoms with E-state index in [1.54, 1.807) is 28.8 Å². The summed E-state index contributed by atoms with van der Waals surface area (Å²) in [6.45, 7) is 0. The fourth-order valence-electron chi connectivity index (χ4n) is 5.62. The number of aromatic nitrogens is 4. The van der Waals surface area contributed by atoms with Gasteiger partial charge in [-0.25, -0.2) is 19.3 Å². The number of nitro groups is 1. The maximum absolute atomic E-state index is 13.5. The van der Waals surface area contributed by atoms with Crippen LogP contribution in [0.2, 0.25) is 0 Å². The van der Waals surface area contributed by atoms with E-state index in [1.807, 2.05) is 66.7 Å². The van der Waals surface area contributed by atoms with Crippen LogP contribution in [-0.4, -0.2) is 24.5 Å². The molecule has 8 rings (SSSR count). The first kappa shape index (κ1) is 24.6. The first-order valence-electron chi connectivity index (χ1n) is 13.4. The lowest BCUT2D eigenvalue weighted by atomic mass is 9.84. The Morgan fingerprint density at radius 1 is 0.791 bits per heavy atom. The zero-order valence-corrected chi connectivity index (χ0v) is 22.2. The maximum Gasteiger partial charge on any atom is 0.344 e. The minimum absolute atomic E-state index is 0.0677. The molecule has 0 amide bonds. The predicted octanol–water partition coefficient (Wildman–Crippen LogP) is 6.76. The lowest BCUT2D eigenvalue weighted by Gasteiger charge is -2.27. The molecule has 10 heteroatoms. The molecule has 1 aliphatic heterocycles. The second-order valence-corrected chi connectivity index (χ2v) is 10.1. The number of benzene rings is 4. The fraction of sp³-hybridized carbons (Fsp3) is 0.0303. The van der Waals surface area contributed by atoms with Crippen LogP contribution in [0.25, 0.3) is 39.1 Å². The lowest BCUT2D eigenvalue weighted by Crippen LogP contribution is -2.22. The average Bonchev–Trinajstić information content (AvgIpc) is 3.49. The van der Waals surface area contributed by atoms with Crippen LogP contribution in [0.15, 0.2) is 119 Å². The summed E-state index contributed by atoms with van der Waals surface area (Å²) in [4.78, 5) is 33.9.